The highest BCUT2D eigenvalue weighted by Crippen LogP contribution is 2.37. The number of ether oxygens (including phenoxy) is 1. The van der Waals surface area contributed by atoms with Crippen LogP contribution in [0.4, 0.5) is 0 Å². The van der Waals surface area contributed by atoms with Crippen molar-refractivity contribution < 1.29 is 4.74 Å². The third-order valence-electron chi connectivity index (χ3n) is 2.82. The molecule has 0 unspecified atom stereocenters. The molecule has 2 heterocycles. The Morgan fingerprint density at radius 3 is 3.07 bits per heavy atom. The quantitative estimate of drug-likeness (QED) is 0.666. The lowest BCUT2D eigenvalue weighted by Crippen LogP contribution is -2.08. The van der Waals surface area contributed by atoms with Gasteiger partial charge >= 0.3 is 0 Å². The van der Waals surface area contributed by atoms with Crippen LogP contribution in [0.25, 0.3) is 0 Å². The molecule has 0 spiro atoms. The zero-order valence-electron chi connectivity index (χ0n) is 7.86. The highest BCUT2D eigenvalue weighted by Gasteiger charge is 2.30. The van der Waals surface area contributed by atoms with Gasteiger partial charge in [0.1, 0.15) is 11.8 Å². The summed E-state index contributed by atoms with van der Waals surface area (Å²) in [4.78, 5) is 0. The number of hydrogen-bond donors (Lipinski definition) is 0. The molecule has 0 atom stereocenters. The largest absolute Gasteiger partial charge is 0.376 e. The van der Waals surface area contributed by atoms with Crippen molar-refractivity contribution in [2.75, 3.05) is 6.61 Å². The Morgan fingerprint density at radius 1 is 1.50 bits per heavy atom. The second-order valence-corrected chi connectivity index (χ2v) is 3.86. The van der Waals surface area contributed by atoms with Crippen molar-refractivity contribution in [1.29, 1.82) is 5.26 Å². The Balaban J connectivity index is 2.12. The molecule has 1 aromatic rings. The van der Waals surface area contributed by atoms with Gasteiger partial charge in [0.25, 0.3) is 0 Å². The van der Waals surface area contributed by atoms with Crippen LogP contribution in [0.3, 0.4) is 0 Å². The smallest absolute Gasteiger partial charge is 0.144 e. The van der Waals surface area contributed by atoms with E-state index < -0.39 is 0 Å². The normalized spacial score (nSPS) is 20.2. The summed E-state index contributed by atoms with van der Waals surface area (Å²) in [6.07, 6.45) is 3.18. The zero-order valence-corrected chi connectivity index (χ0v) is 7.86. The van der Waals surface area contributed by atoms with E-state index in [2.05, 4.69) is 11.2 Å². The summed E-state index contributed by atoms with van der Waals surface area (Å²) in [6.45, 7) is 1.30. The average molecular weight is 189 g/mol. The molecule has 0 amide bonds. The Morgan fingerprint density at radius 2 is 2.36 bits per heavy atom. The number of fused-ring (bicyclic) bond motifs is 1. The Labute approximate surface area is 82.1 Å². The van der Waals surface area contributed by atoms with E-state index in [9.17, 15) is 0 Å². The van der Waals surface area contributed by atoms with E-state index in [-0.39, 0.29) is 0 Å². The van der Waals surface area contributed by atoms with Crippen molar-refractivity contribution >= 4 is 0 Å². The van der Waals surface area contributed by atoms with Gasteiger partial charge in [-0.2, -0.15) is 10.4 Å². The number of nitriles is 1. The molecule has 0 bridgehead atoms. The van der Waals surface area contributed by atoms with E-state index >= 15 is 0 Å². The fourth-order valence-corrected chi connectivity index (χ4v) is 1.91. The van der Waals surface area contributed by atoms with Crippen molar-refractivity contribution in [2.24, 2.45) is 0 Å². The van der Waals surface area contributed by atoms with Gasteiger partial charge in [0.15, 0.2) is 0 Å². The molecule has 1 aliphatic heterocycles. The van der Waals surface area contributed by atoms with Crippen molar-refractivity contribution in [2.45, 2.75) is 31.9 Å². The molecule has 1 fully saturated rings. The maximum absolute atomic E-state index is 9.07. The summed E-state index contributed by atoms with van der Waals surface area (Å²) < 4.78 is 7.25. The predicted octanol–water partition coefficient (Wildman–Crippen LogP) is 1.16. The van der Waals surface area contributed by atoms with Gasteiger partial charge in [-0.3, -0.25) is 4.68 Å². The molecule has 72 valence electrons. The lowest BCUT2D eigenvalue weighted by atomic mass is 10.1. The number of hydrogen-bond acceptors (Lipinski definition) is 3. The van der Waals surface area contributed by atoms with Gasteiger partial charge in [0.05, 0.1) is 24.9 Å². The van der Waals surface area contributed by atoms with E-state index in [0.717, 1.165) is 42.8 Å². The van der Waals surface area contributed by atoms with E-state index in [1.807, 2.05) is 4.68 Å². The maximum Gasteiger partial charge on any atom is 0.144 e. The molecule has 0 radical (unpaired) electrons. The fourth-order valence-electron chi connectivity index (χ4n) is 1.91. The summed E-state index contributed by atoms with van der Waals surface area (Å²) in [6, 6.07) is 2.73. The van der Waals surface area contributed by atoms with Gasteiger partial charge in [-0.25, -0.2) is 0 Å². The molecule has 0 saturated heterocycles. The van der Waals surface area contributed by atoms with E-state index in [4.69, 9.17) is 10.00 Å². The first-order valence-corrected chi connectivity index (χ1v) is 4.98. The minimum absolute atomic E-state index is 0.482. The Hall–Kier alpha value is -1.34. The van der Waals surface area contributed by atoms with Crippen LogP contribution < -0.4 is 0 Å². The number of nitrogens with zero attached hydrogens (tertiary/aromatic N) is 3. The van der Waals surface area contributed by atoms with Crippen LogP contribution in [0, 0.1) is 11.3 Å². The van der Waals surface area contributed by atoms with Crippen molar-refractivity contribution in [3.8, 4) is 6.07 Å². The molecule has 3 rings (SSSR count). The molecule has 1 aromatic heterocycles. The monoisotopic (exact) mass is 189 g/mol. The van der Waals surface area contributed by atoms with Crippen molar-refractivity contribution in [1.82, 2.24) is 9.78 Å². The number of aromatic nitrogens is 2. The van der Waals surface area contributed by atoms with Crippen LogP contribution in [0.1, 0.15) is 35.8 Å². The Bertz CT molecular complexity index is 412. The third-order valence-corrected chi connectivity index (χ3v) is 2.82. The number of rotatable bonds is 1. The predicted molar refractivity (Wildman–Crippen MR) is 48.6 cm³/mol. The van der Waals surface area contributed by atoms with Crippen LogP contribution in [0.2, 0.25) is 0 Å². The van der Waals surface area contributed by atoms with Gasteiger partial charge in [0.2, 0.25) is 0 Å². The molecular formula is C10H11N3O. The topological polar surface area (TPSA) is 50.8 Å². The molecule has 4 heteroatoms. The molecule has 1 aliphatic carbocycles. The van der Waals surface area contributed by atoms with Crippen LogP contribution in [0.15, 0.2) is 0 Å². The highest BCUT2D eigenvalue weighted by molar-refractivity contribution is 5.37. The summed E-state index contributed by atoms with van der Waals surface area (Å²) in [5.41, 5.74) is 2.81. The molecule has 2 aliphatic rings. The van der Waals surface area contributed by atoms with Gasteiger partial charge in [-0.05, 0) is 12.8 Å². The molecule has 4 nitrogen and oxygen atoms in total. The first-order valence-electron chi connectivity index (χ1n) is 4.98. The van der Waals surface area contributed by atoms with Gasteiger partial charge in [-0.15, -0.1) is 0 Å². The second-order valence-electron chi connectivity index (χ2n) is 3.86. The third kappa shape index (κ3) is 1.06. The zero-order chi connectivity index (χ0) is 9.54. The lowest BCUT2D eigenvalue weighted by Gasteiger charge is -2.09. The van der Waals surface area contributed by atoms with Gasteiger partial charge in [-0.1, -0.05) is 0 Å². The molecule has 0 N–H and O–H groups in total. The maximum atomic E-state index is 9.07. The Kier molecular flexibility index (Phi) is 1.62. The van der Waals surface area contributed by atoms with Crippen molar-refractivity contribution in [3.05, 3.63) is 17.0 Å². The standard InChI is InChI=1S/C10H11N3O/c11-5-10-8-6-14-4-3-9(8)12-13(10)7-1-2-7/h7H,1-4,6H2. The average Bonchev–Trinajstić information content (AvgIpc) is 2.99. The lowest BCUT2D eigenvalue weighted by molar-refractivity contribution is 0.110. The first-order chi connectivity index (χ1) is 6.90. The first kappa shape index (κ1) is 8.01. The molecule has 14 heavy (non-hydrogen) atoms. The van der Waals surface area contributed by atoms with Gasteiger partial charge < -0.3 is 4.74 Å². The molecule has 0 aromatic carbocycles. The summed E-state index contributed by atoms with van der Waals surface area (Å²) >= 11 is 0. The minimum atomic E-state index is 0.482. The molecule has 1 saturated carbocycles. The van der Waals surface area contributed by atoms with E-state index in [0.29, 0.717) is 12.6 Å². The minimum Gasteiger partial charge on any atom is -0.376 e. The van der Waals surface area contributed by atoms with Crippen LogP contribution in [-0.4, -0.2) is 16.4 Å². The van der Waals surface area contributed by atoms with E-state index in [1.54, 1.807) is 0 Å². The summed E-state index contributed by atoms with van der Waals surface area (Å²) in [7, 11) is 0. The SMILES string of the molecule is N#Cc1c2c(nn1C1CC1)CCOC2. The summed E-state index contributed by atoms with van der Waals surface area (Å²) in [5, 5.41) is 13.6. The highest BCUT2D eigenvalue weighted by atomic mass is 16.5. The van der Waals surface area contributed by atoms with Crippen LogP contribution in [0.5, 0.6) is 0 Å². The van der Waals surface area contributed by atoms with E-state index in [1.165, 1.54) is 0 Å². The summed E-state index contributed by atoms with van der Waals surface area (Å²) in [5.74, 6) is 0. The fraction of sp³-hybridized carbons (Fsp3) is 0.600. The second kappa shape index (κ2) is 2.82. The molecular weight excluding hydrogens is 178 g/mol. The van der Waals surface area contributed by atoms with Gasteiger partial charge in [0, 0.05) is 12.0 Å². The van der Waals surface area contributed by atoms with Crippen LogP contribution in [-0.2, 0) is 17.8 Å². The van der Waals surface area contributed by atoms with Crippen molar-refractivity contribution in [3.63, 3.8) is 0 Å². The van der Waals surface area contributed by atoms with Crippen LogP contribution >= 0.6 is 0 Å².